The van der Waals surface area contributed by atoms with Crippen molar-refractivity contribution in [1.29, 1.82) is 0 Å². The number of aliphatic hydroxyl groups is 1. The lowest BCUT2D eigenvalue weighted by atomic mass is 9.81. The Bertz CT molecular complexity index is 1000. The van der Waals surface area contributed by atoms with Crippen LogP contribution in [0.25, 0.3) is 0 Å². The normalized spacial score (nSPS) is 21.0. The molecule has 5 heteroatoms. The molecule has 2 aliphatic rings. The van der Waals surface area contributed by atoms with Gasteiger partial charge in [0.05, 0.1) is 11.6 Å². The predicted octanol–water partition coefficient (Wildman–Crippen LogP) is 6.72. The highest BCUT2D eigenvalue weighted by molar-refractivity contribution is 6.78. The molecule has 1 N–H and O–H groups in total. The molecule has 4 rings (SSSR count). The quantitative estimate of drug-likeness (QED) is 0.435. The maximum absolute atomic E-state index is 13.5. The molecule has 0 bridgehead atoms. The second-order valence-corrected chi connectivity index (χ2v) is 17.0. The minimum absolute atomic E-state index is 0.0925. The number of likely N-dealkylation sites (tertiary alicyclic amines) is 1. The minimum atomic E-state index is -2.03. The molecule has 1 atom stereocenters. The number of aryl methyl sites for hydroxylation is 1. The lowest BCUT2D eigenvalue weighted by Gasteiger charge is -2.43. The van der Waals surface area contributed by atoms with Gasteiger partial charge in [-0.2, -0.15) is 0 Å². The Balaban J connectivity index is 1.48. The summed E-state index contributed by atoms with van der Waals surface area (Å²) in [5.74, 6) is 1.16. The van der Waals surface area contributed by atoms with Crippen LogP contribution in [0.3, 0.4) is 0 Å². The van der Waals surface area contributed by atoms with Crippen molar-refractivity contribution in [2.75, 3.05) is 13.1 Å². The molecule has 2 aromatic rings. The van der Waals surface area contributed by atoms with Crippen molar-refractivity contribution in [2.45, 2.75) is 95.5 Å². The molecule has 0 spiro atoms. The number of hydrogen-bond acceptors (Lipinski definition) is 4. The molecular formula is C30H43NO3Si. The van der Waals surface area contributed by atoms with Gasteiger partial charge in [0.2, 0.25) is 0 Å². The lowest BCUT2D eigenvalue weighted by molar-refractivity contribution is -0.0343. The van der Waals surface area contributed by atoms with E-state index in [1.807, 2.05) is 42.5 Å². The number of benzene rings is 2. The van der Waals surface area contributed by atoms with Crippen LogP contribution in [0.5, 0.6) is 5.75 Å². The summed E-state index contributed by atoms with van der Waals surface area (Å²) in [7, 11) is -2.03. The van der Waals surface area contributed by atoms with Gasteiger partial charge in [0.1, 0.15) is 5.75 Å². The first-order chi connectivity index (χ1) is 16.6. The summed E-state index contributed by atoms with van der Waals surface area (Å²) in [5, 5.41) is 11.2. The number of nitrogens with zero attached hydrogens (tertiary/aromatic N) is 1. The largest absolute Gasteiger partial charge is 0.543 e. The number of hydrogen-bond donors (Lipinski definition) is 1. The Morgan fingerprint density at radius 2 is 1.54 bits per heavy atom. The van der Waals surface area contributed by atoms with Gasteiger partial charge in [-0.15, -0.1) is 0 Å². The zero-order chi connectivity index (χ0) is 25.4. The molecule has 1 aliphatic heterocycles. The molecular weight excluding hydrogens is 450 g/mol. The lowest BCUT2D eigenvalue weighted by Crippen LogP contribution is -2.51. The number of piperidine rings is 1. The predicted molar refractivity (Wildman–Crippen MR) is 146 cm³/mol. The number of carbonyl (C=O) groups is 1. The molecule has 1 fully saturated rings. The third kappa shape index (κ3) is 4.87. The van der Waals surface area contributed by atoms with Crippen molar-refractivity contribution in [3.05, 3.63) is 65.2 Å². The maximum Gasteiger partial charge on any atom is 0.258 e. The molecule has 0 amide bonds. The molecule has 1 aliphatic carbocycles. The molecule has 4 nitrogen and oxygen atoms in total. The van der Waals surface area contributed by atoms with Crippen molar-refractivity contribution >= 4 is 14.1 Å². The molecule has 0 aromatic heterocycles. The van der Waals surface area contributed by atoms with E-state index in [4.69, 9.17) is 4.43 Å². The van der Waals surface area contributed by atoms with Crippen LogP contribution < -0.4 is 4.43 Å². The third-order valence-corrected chi connectivity index (χ3v) is 14.7. The van der Waals surface area contributed by atoms with Gasteiger partial charge >= 0.3 is 0 Å². The Morgan fingerprint density at radius 1 is 0.943 bits per heavy atom. The summed E-state index contributed by atoms with van der Waals surface area (Å²) < 4.78 is 6.89. The van der Waals surface area contributed by atoms with Gasteiger partial charge < -0.3 is 9.53 Å². The van der Waals surface area contributed by atoms with Crippen molar-refractivity contribution in [2.24, 2.45) is 0 Å². The van der Waals surface area contributed by atoms with Gasteiger partial charge in [-0.05, 0) is 71.6 Å². The summed E-state index contributed by atoms with van der Waals surface area (Å²) in [6.07, 6.45) is 3.04. The Labute approximate surface area is 212 Å². The van der Waals surface area contributed by atoms with Gasteiger partial charge in [-0.1, -0.05) is 71.9 Å². The van der Waals surface area contributed by atoms with E-state index in [0.29, 0.717) is 29.5 Å². The first-order valence-electron chi connectivity index (χ1n) is 13.5. The minimum Gasteiger partial charge on any atom is -0.543 e. The fourth-order valence-corrected chi connectivity index (χ4v) is 12.1. The van der Waals surface area contributed by atoms with Crippen LogP contribution in [0, 0.1) is 0 Å². The van der Waals surface area contributed by atoms with Crippen LogP contribution in [0.4, 0.5) is 0 Å². The van der Waals surface area contributed by atoms with E-state index in [2.05, 4.69) is 52.5 Å². The van der Waals surface area contributed by atoms with Crippen LogP contribution in [-0.4, -0.2) is 43.2 Å². The first kappa shape index (κ1) is 26.1. The van der Waals surface area contributed by atoms with Crippen molar-refractivity contribution in [1.82, 2.24) is 4.90 Å². The summed E-state index contributed by atoms with van der Waals surface area (Å²) in [5.41, 5.74) is 3.70. The number of Topliss-reactive ketones (excluding diaryl/α,β-unsaturated/α-hetero) is 1. The SMILES string of the molecule is CC(C)[Si](Oc1ccc2c(c1)CCC(N1CCC(O)(c3ccccc3)CC1)C2=O)(C(C)C)C(C)C. The number of fused-ring (bicyclic) bond motifs is 1. The van der Waals surface area contributed by atoms with Crippen LogP contribution in [0.1, 0.15) is 82.3 Å². The van der Waals surface area contributed by atoms with Gasteiger partial charge in [-0.25, -0.2) is 0 Å². The van der Waals surface area contributed by atoms with E-state index in [1.165, 1.54) is 0 Å². The Kier molecular flexibility index (Phi) is 7.61. The summed E-state index contributed by atoms with van der Waals surface area (Å²) in [6, 6.07) is 16.0. The standard InChI is InChI=1S/C30H43NO3Si/c1-21(2)35(22(3)4,23(5)6)34-26-13-14-27-24(20-26)12-15-28(29(27)32)31-18-16-30(33,17-19-31)25-10-8-7-9-11-25/h7-11,13-14,20-23,28,33H,12,15-19H2,1-6H3. The van der Waals surface area contributed by atoms with Crippen molar-refractivity contribution in [3.8, 4) is 5.75 Å². The first-order valence-corrected chi connectivity index (χ1v) is 15.6. The zero-order valence-electron chi connectivity index (χ0n) is 22.4. The van der Waals surface area contributed by atoms with E-state index < -0.39 is 13.9 Å². The average Bonchev–Trinajstić information content (AvgIpc) is 2.83. The fourth-order valence-electron chi connectivity index (χ4n) is 6.83. The van der Waals surface area contributed by atoms with Crippen LogP contribution >= 0.6 is 0 Å². The van der Waals surface area contributed by atoms with Gasteiger partial charge in [0, 0.05) is 18.7 Å². The third-order valence-electron chi connectivity index (χ3n) is 8.71. The van der Waals surface area contributed by atoms with Gasteiger partial charge in [0.25, 0.3) is 8.32 Å². The van der Waals surface area contributed by atoms with Crippen molar-refractivity contribution < 1.29 is 14.3 Å². The highest BCUT2D eigenvalue weighted by atomic mass is 28.4. The van der Waals surface area contributed by atoms with E-state index in [0.717, 1.165) is 48.4 Å². The molecule has 0 radical (unpaired) electrons. The number of rotatable bonds is 7. The Hall–Kier alpha value is -1.95. The molecule has 190 valence electrons. The van der Waals surface area contributed by atoms with Crippen LogP contribution in [-0.2, 0) is 12.0 Å². The van der Waals surface area contributed by atoms with E-state index in [1.54, 1.807) is 0 Å². The summed E-state index contributed by atoms with van der Waals surface area (Å²) in [6.45, 7) is 15.3. The smallest absolute Gasteiger partial charge is 0.258 e. The average molecular weight is 494 g/mol. The zero-order valence-corrected chi connectivity index (χ0v) is 23.4. The highest BCUT2D eigenvalue weighted by Gasteiger charge is 2.47. The molecule has 1 saturated heterocycles. The van der Waals surface area contributed by atoms with Crippen molar-refractivity contribution in [3.63, 3.8) is 0 Å². The van der Waals surface area contributed by atoms with Crippen LogP contribution in [0.2, 0.25) is 16.6 Å². The van der Waals surface area contributed by atoms with E-state index in [9.17, 15) is 9.90 Å². The fraction of sp³-hybridized carbons (Fsp3) is 0.567. The van der Waals surface area contributed by atoms with Gasteiger partial charge in [0.15, 0.2) is 5.78 Å². The highest BCUT2D eigenvalue weighted by Crippen LogP contribution is 2.43. The van der Waals surface area contributed by atoms with E-state index >= 15 is 0 Å². The van der Waals surface area contributed by atoms with E-state index in [-0.39, 0.29) is 11.8 Å². The maximum atomic E-state index is 13.5. The second-order valence-electron chi connectivity index (χ2n) is 11.6. The van der Waals surface area contributed by atoms with Gasteiger partial charge in [-0.3, -0.25) is 9.69 Å². The van der Waals surface area contributed by atoms with Crippen LogP contribution in [0.15, 0.2) is 48.5 Å². The summed E-state index contributed by atoms with van der Waals surface area (Å²) in [4.78, 5) is 15.8. The molecule has 2 aromatic carbocycles. The number of carbonyl (C=O) groups excluding carboxylic acids is 1. The molecule has 1 heterocycles. The molecule has 0 saturated carbocycles. The molecule has 1 unspecified atom stereocenters. The topological polar surface area (TPSA) is 49.8 Å². The Morgan fingerprint density at radius 3 is 2.11 bits per heavy atom. The monoisotopic (exact) mass is 493 g/mol. The second kappa shape index (κ2) is 10.2. The summed E-state index contributed by atoms with van der Waals surface area (Å²) >= 11 is 0. The molecule has 35 heavy (non-hydrogen) atoms. The number of ketones is 1.